The van der Waals surface area contributed by atoms with Crippen molar-refractivity contribution in [2.75, 3.05) is 6.54 Å². The van der Waals surface area contributed by atoms with Crippen LogP contribution in [0.15, 0.2) is 61.3 Å². The van der Waals surface area contributed by atoms with Crippen LogP contribution in [0.1, 0.15) is 29.0 Å². The summed E-state index contributed by atoms with van der Waals surface area (Å²) in [5, 5.41) is 5.79. The highest BCUT2D eigenvalue weighted by atomic mass is 35.5. The molecule has 3 rings (SSSR count). The van der Waals surface area contributed by atoms with E-state index in [9.17, 15) is 9.59 Å². The molecular weight excluding hydrogens is 366 g/mol. The summed E-state index contributed by atoms with van der Waals surface area (Å²) in [4.78, 5) is 32.0. The Balaban J connectivity index is 1.52. The van der Waals surface area contributed by atoms with Gasteiger partial charge in [-0.05, 0) is 36.8 Å². The number of amides is 2. The molecule has 0 saturated heterocycles. The third-order valence-electron chi connectivity index (χ3n) is 3.94. The molecule has 0 aliphatic heterocycles. The summed E-state index contributed by atoms with van der Waals surface area (Å²) in [6, 6.07) is 10.6. The summed E-state index contributed by atoms with van der Waals surface area (Å²) >= 11 is 5.83. The van der Waals surface area contributed by atoms with Crippen molar-refractivity contribution in [3.05, 3.63) is 77.6 Å². The molecule has 0 spiro atoms. The lowest BCUT2D eigenvalue weighted by Crippen LogP contribution is -2.38. The van der Waals surface area contributed by atoms with Crippen LogP contribution < -0.4 is 10.6 Å². The molecule has 3 aromatic rings. The largest absolute Gasteiger partial charge is 0.348 e. The number of benzene rings is 1. The van der Waals surface area contributed by atoms with Crippen LogP contribution >= 0.6 is 11.6 Å². The molecule has 0 saturated carbocycles. The fourth-order valence-electron chi connectivity index (χ4n) is 2.50. The van der Waals surface area contributed by atoms with Crippen molar-refractivity contribution in [1.82, 2.24) is 25.2 Å². The topological polar surface area (TPSA) is 88.9 Å². The number of pyridine rings is 1. The highest BCUT2D eigenvalue weighted by Crippen LogP contribution is 2.15. The average molecular weight is 384 g/mol. The standard InChI is InChI=1S/C19H18ClN5O2/c1-13(14-2-4-16(5-3-14)25-9-8-21-12-25)24-18(26)11-23-19(27)17-10-15(20)6-7-22-17/h2-10,12-13H,11H2,1H3,(H,23,27)(H,24,26)/t13-/m1/s1. The van der Waals surface area contributed by atoms with Crippen LogP contribution in [0.2, 0.25) is 5.02 Å². The second-order valence-electron chi connectivity index (χ2n) is 5.89. The first kappa shape index (κ1) is 18.6. The van der Waals surface area contributed by atoms with Gasteiger partial charge in [0.2, 0.25) is 5.91 Å². The smallest absolute Gasteiger partial charge is 0.270 e. The number of carbonyl (C=O) groups is 2. The van der Waals surface area contributed by atoms with Gasteiger partial charge in [-0.25, -0.2) is 4.98 Å². The Labute approximate surface area is 161 Å². The van der Waals surface area contributed by atoms with Gasteiger partial charge in [-0.1, -0.05) is 23.7 Å². The number of imidazole rings is 1. The van der Waals surface area contributed by atoms with Crippen LogP contribution in [-0.4, -0.2) is 32.9 Å². The zero-order chi connectivity index (χ0) is 19.2. The van der Waals surface area contributed by atoms with E-state index in [4.69, 9.17) is 11.6 Å². The van der Waals surface area contributed by atoms with Gasteiger partial charge in [0, 0.05) is 29.3 Å². The summed E-state index contributed by atoms with van der Waals surface area (Å²) in [6.07, 6.45) is 6.73. The van der Waals surface area contributed by atoms with Crippen LogP contribution in [-0.2, 0) is 4.79 Å². The molecule has 0 radical (unpaired) electrons. The molecule has 0 aliphatic carbocycles. The van der Waals surface area contributed by atoms with Crippen molar-refractivity contribution < 1.29 is 9.59 Å². The van der Waals surface area contributed by atoms with E-state index in [-0.39, 0.29) is 24.2 Å². The Morgan fingerprint density at radius 1 is 1.19 bits per heavy atom. The monoisotopic (exact) mass is 383 g/mol. The van der Waals surface area contributed by atoms with E-state index in [2.05, 4.69) is 20.6 Å². The molecule has 2 amide bonds. The number of nitrogens with one attached hydrogen (secondary N) is 2. The lowest BCUT2D eigenvalue weighted by atomic mass is 10.1. The van der Waals surface area contributed by atoms with Crippen molar-refractivity contribution in [3.8, 4) is 5.69 Å². The van der Waals surface area contributed by atoms with E-state index in [0.717, 1.165) is 11.3 Å². The van der Waals surface area contributed by atoms with Crippen LogP contribution in [0, 0.1) is 0 Å². The maximum Gasteiger partial charge on any atom is 0.270 e. The van der Waals surface area contributed by atoms with Crippen molar-refractivity contribution in [1.29, 1.82) is 0 Å². The number of aromatic nitrogens is 3. The second kappa shape index (κ2) is 8.46. The van der Waals surface area contributed by atoms with Gasteiger partial charge >= 0.3 is 0 Å². The number of hydrogen-bond donors (Lipinski definition) is 2. The van der Waals surface area contributed by atoms with Gasteiger partial charge in [0.15, 0.2) is 0 Å². The summed E-state index contributed by atoms with van der Waals surface area (Å²) in [5.41, 5.74) is 2.10. The predicted octanol–water partition coefficient (Wildman–Crippen LogP) is 2.53. The Bertz CT molecular complexity index is 926. The van der Waals surface area contributed by atoms with Gasteiger partial charge in [-0.3, -0.25) is 14.6 Å². The number of rotatable bonds is 6. The molecule has 1 aromatic carbocycles. The molecule has 2 N–H and O–H groups in total. The summed E-state index contributed by atoms with van der Waals surface area (Å²) in [6.45, 7) is 1.73. The molecule has 7 nitrogen and oxygen atoms in total. The molecule has 2 heterocycles. The van der Waals surface area contributed by atoms with Gasteiger partial charge in [0.1, 0.15) is 5.69 Å². The van der Waals surface area contributed by atoms with E-state index >= 15 is 0 Å². The van der Waals surface area contributed by atoms with E-state index in [1.165, 1.54) is 12.3 Å². The zero-order valence-corrected chi connectivity index (χ0v) is 15.3. The minimum atomic E-state index is -0.454. The van der Waals surface area contributed by atoms with Crippen LogP contribution in [0.3, 0.4) is 0 Å². The predicted molar refractivity (Wildman–Crippen MR) is 102 cm³/mol. The number of hydrogen-bond acceptors (Lipinski definition) is 4. The maximum absolute atomic E-state index is 12.1. The van der Waals surface area contributed by atoms with Crippen LogP contribution in [0.4, 0.5) is 0 Å². The number of carbonyl (C=O) groups excluding carboxylic acids is 2. The molecule has 0 fully saturated rings. The van der Waals surface area contributed by atoms with Gasteiger partial charge < -0.3 is 15.2 Å². The lowest BCUT2D eigenvalue weighted by molar-refractivity contribution is -0.120. The Morgan fingerprint density at radius 3 is 2.63 bits per heavy atom. The minimum Gasteiger partial charge on any atom is -0.348 e. The fourth-order valence-corrected chi connectivity index (χ4v) is 2.66. The lowest BCUT2D eigenvalue weighted by Gasteiger charge is -2.15. The Kier molecular flexibility index (Phi) is 5.83. The molecule has 8 heteroatoms. The second-order valence-corrected chi connectivity index (χ2v) is 6.33. The summed E-state index contributed by atoms with van der Waals surface area (Å²) in [5.74, 6) is -0.749. The SMILES string of the molecule is C[C@@H](NC(=O)CNC(=O)c1cc(Cl)ccn1)c1ccc(-n2ccnc2)cc1. The van der Waals surface area contributed by atoms with Gasteiger partial charge in [-0.15, -0.1) is 0 Å². The molecular formula is C19H18ClN5O2. The van der Waals surface area contributed by atoms with E-state index in [0.29, 0.717) is 5.02 Å². The van der Waals surface area contributed by atoms with Gasteiger partial charge in [0.25, 0.3) is 5.91 Å². The maximum atomic E-state index is 12.1. The van der Waals surface area contributed by atoms with Gasteiger partial charge in [0.05, 0.1) is 18.9 Å². The average Bonchev–Trinajstić information content (AvgIpc) is 3.21. The molecule has 27 heavy (non-hydrogen) atoms. The summed E-state index contributed by atoms with van der Waals surface area (Å²) in [7, 11) is 0. The van der Waals surface area contributed by atoms with Crippen LogP contribution in [0.25, 0.3) is 5.69 Å². The number of nitrogens with zero attached hydrogens (tertiary/aromatic N) is 3. The van der Waals surface area contributed by atoms with E-state index < -0.39 is 5.91 Å². The Hall–Kier alpha value is -3.19. The molecule has 138 valence electrons. The van der Waals surface area contributed by atoms with Crippen molar-refractivity contribution in [2.24, 2.45) is 0 Å². The normalized spacial score (nSPS) is 11.6. The first-order chi connectivity index (χ1) is 13.0. The van der Waals surface area contributed by atoms with Crippen LogP contribution in [0.5, 0.6) is 0 Å². The van der Waals surface area contributed by atoms with Crippen molar-refractivity contribution in [3.63, 3.8) is 0 Å². The highest BCUT2D eigenvalue weighted by molar-refractivity contribution is 6.30. The van der Waals surface area contributed by atoms with Gasteiger partial charge in [-0.2, -0.15) is 0 Å². The molecule has 0 aliphatic rings. The van der Waals surface area contributed by atoms with E-state index in [1.54, 1.807) is 18.6 Å². The highest BCUT2D eigenvalue weighted by Gasteiger charge is 2.13. The first-order valence-electron chi connectivity index (χ1n) is 8.30. The van der Waals surface area contributed by atoms with Crippen molar-refractivity contribution >= 4 is 23.4 Å². The fraction of sp³-hybridized carbons (Fsp3) is 0.158. The summed E-state index contributed by atoms with van der Waals surface area (Å²) < 4.78 is 1.90. The zero-order valence-electron chi connectivity index (χ0n) is 14.6. The molecule has 0 unspecified atom stereocenters. The van der Waals surface area contributed by atoms with Crippen molar-refractivity contribution in [2.45, 2.75) is 13.0 Å². The quantitative estimate of drug-likeness (QED) is 0.684. The first-order valence-corrected chi connectivity index (χ1v) is 8.68. The van der Waals surface area contributed by atoms with E-state index in [1.807, 2.05) is 42.0 Å². The third-order valence-corrected chi connectivity index (χ3v) is 4.17. The number of halogens is 1. The minimum absolute atomic E-state index is 0.148. The molecule has 2 aromatic heterocycles. The molecule has 0 bridgehead atoms. The Morgan fingerprint density at radius 2 is 1.96 bits per heavy atom. The third kappa shape index (κ3) is 4.92. The molecule has 1 atom stereocenters.